The number of hydrogen-bond acceptors (Lipinski definition) is 2. The lowest BCUT2D eigenvalue weighted by atomic mass is 9.78. The van der Waals surface area contributed by atoms with E-state index in [1.807, 2.05) is 23.5 Å². The second-order valence-electron chi connectivity index (χ2n) is 6.33. The Balaban J connectivity index is 2.09. The van der Waals surface area contributed by atoms with E-state index < -0.39 is 12.1 Å². The molecule has 3 nitrogen and oxygen atoms in total. The monoisotopic (exact) mass is 315 g/mol. The zero-order chi connectivity index (χ0) is 16.5. The molecule has 0 heterocycles. The molecule has 1 aromatic rings. The molecular weight excluding hydrogens is 295 g/mol. The van der Waals surface area contributed by atoms with Gasteiger partial charge in [-0.3, -0.25) is 4.79 Å². The predicted molar refractivity (Wildman–Crippen MR) is 76.9 cm³/mol. The van der Waals surface area contributed by atoms with Gasteiger partial charge in [0, 0.05) is 6.54 Å². The fourth-order valence-corrected chi connectivity index (χ4v) is 3.20. The van der Waals surface area contributed by atoms with Gasteiger partial charge >= 0.3 is 12.1 Å². The van der Waals surface area contributed by atoms with Gasteiger partial charge < -0.3 is 10.1 Å². The number of nitrogens with one attached hydrogen (secondary N) is 1. The van der Waals surface area contributed by atoms with Gasteiger partial charge in [-0.1, -0.05) is 19.9 Å². The van der Waals surface area contributed by atoms with Gasteiger partial charge in [0.2, 0.25) is 0 Å². The highest BCUT2D eigenvalue weighted by Crippen LogP contribution is 2.49. The lowest BCUT2D eigenvalue weighted by molar-refractivity contribution is -0.173. The summed E-state index contributed by atoms with van der Waals surface area (Å²) in [6.45, 7) is 4.19. The van der Waals surface area contributed by atoms with Gasteiger partial charge in [0.05, 0.1) is 7.11 Å². The Morgan fingerprint density at radius 3 is 2.68 bits per heavy atom. The van der Waals surface area contributed by atoms with Crippen molar-refractivity contribution in [1.82, 2.24) is 5.32 Å². The first-order chi connectivity index (χ1) is 10.1. The Morgan fingerprint density at radius 1 is 1.41 bits per heavy atom. The molecule has 0 fully saturated rings. The van der Waals surface area contributed by atoms with Crippen LogP contribution in [0, 0.1) is 5.41 Å². The number of carbonyl (C=O) groups excluding carboxylic acids is 1. The van der Waals surface area contributed by atoms with Crippen LogP contribution in [0.15, 0.2) is 18.2 Å². The molecule has 0 aliphatic heterocycles. The van der Waals surface area contributed by atoms with Gasteiger partial charge in [0.15, 0.2) is 0 Å². The first-order valence-electron chi connectivity index (χ1n) is 7.17. The molecule has 0 saturated carbocycles. The van der Waals surface area contributed by atoms with Crippen molar-refractivity contribution in [3.05, 3.63) is 29.3 Å². The summed E-state index contributed by atoms with van der Waals surface area (Å²) in [4.78, 5) is 10.9. The Kier molecular flexibility index (Phi) is 4.40. The van der Waals surface area contributed by atoms with Gasteiger partial charge in [-0.05, 0) is 47.4 Å². The van der Waals surface area contributed by atoms with E-state index in [0.717, 1.165) is 17.7 Å². The Morgan fingerprint density at radius 2 is 2.09 bits per heavy atom. The van der Waals surface area contributed by atoms with Gasteiger partial charge in [0.25, 0.3) is 0 Å². The molecule has 0 saturated heterocycles. The van der Waals surface area contributed by atoms with Crippen LogP contribution >= 0.6 is 0 Å². The number of alkyl halides is 3. The Bertz CT molecular complexity index is 567. The van der Waals surface area contributed by atoms with Crippen molar-refractivity contribution in [2.24, 2.45) is 5.41 Å². The Labute approximate surface area is 127 Å². The molecule has 1 unspecified atom stereocenters. The predicted octanol–water partition coefficient (Wildman–Crippen LogP) is 3.43. The highest BCUT2D eigenvalue weighted by Gasteiger charge is 2.40. The number of fused-ring (bicyclic) bond motifs is 1. The molecule has 1 aliphatic carbocycles. The van der Waals surface area contributed by atoms with Crippen LogP contribution in [0.25, 0.3) is 0 Å². The van der Waals surface area contributed by atoms with Crippen molar-refractivity contribution in [2.75, 3.05) is 13.7 Å². The molecule has 6 heteroatoms. The maximum atomic E-state index is 12.2. The van der Waals surface area contributed by atoms with Gasteiger partial charge in [0.1, 0.15) is 5.75 Å². The molecule has 2 rings (SSSR count). The molecule has 122 valence electrons. The highest BCUT2D eigenvalue weighted by atomic mass is 19.4. The second-order valence-corrected chi connectivity index (χ2v) is 6.33. The third-order valence-electron chi connectivity index (χ3n) is 4.29. The maximum Gasteiger partial charge on any atom is 0.471 e. The molecule has 0 aromatic heterocycles. The lowest BCUT2D eigenvalue weighted by Gasteiger charge is -2.28. The largest absolute Gasteiger partial charge is 0.497 e. The van der Waals surface area contributed by atoms with E-state index in [0.29, 0.717) is 6.42 Å². The Hall–Kier alpha value is -1.72. The van der Waals surface area contributed by atoms with Crippen molar-refractivity contribution < 1.29 is 22.7 Å². The minimum Gasteiger partial charge on any atom is -0.497 e. The number of rotatable bonds is 4. The third kappa shape index (κ3) is 3.36. The van der Waals surface area contributed by atoms with E-state index >= 15 is 0 Å². The number of hydrogen-bond donors (Lipinski definition) is 1. The van der Waals surface area contributed by atoms with Crippen LogP contribution in [-0.2, 0) is 11.2 Å². The first-order valence-corrected chi connectivity index (χ1v) is 7.17. The number of methoxy groups -OCH3 is 1. The number of halogens is 3. The van der Waals surface area contributed by atoms with Crippen molar-refractivity contribution in [3.8, 4) is 5.75 Å². The van der Waals surface area contributed by atoms with Gasteiger partial charge in [-0.25, -0.2) is 0 Å². The van der Waals surface area contributed by atoms with Crippen LogP contribution in [0.4, 0.5) is 13.2 Å². The first kappa shape index (κ1) is 16.6. The van der Waals surface area contributed by atoms with Crippen LogP contribution in [0.3, 0.4) is 0 Å². The highest BCUT2D eigenvalue weighted by molar-refractivity contribution is 5.81. The van der Waals surface area contributed by atoms with E-state index in [1.165, 1.54) is 5.56 Å². The second kappa shape index (κ2) is 5.82. The van der Waals surface area contributed by atoms with Crippen LogP contribution in [0.2, 0.25) is 0 Å². The molecule has 1 atom stereocenters. The lowest BCUT2D eigenvalue weighted by Crippen LogP contribution is -2.38. The minimum absolute atomic E-state index is 0.00307. The zero-order valence-corrected chi connectivity index (χ0v) is 12.9. The number of carbonyl (C=O) groups is 1. The molecule has 1 aromatic carbocycles. The fraction of sp³-hybridized carbons (Fsp3) is 0.562. The average Bonchev–Trinajstić information content (AvgIpc) is 2.67. The van der Waals surface area contributed by atoms with Crippen molar-refractivity contribution in [3.63, 3.8) is 0 Å². The van der Waals surface area contributed by atoms with E-state index in [2.05, 4.69) is 13.8 Å². The SMILES string of the molecule is COc1ccc2c(c1)C(CCNC(=O)C(F)(F)F)C(C)(C)C2. The third-order valence-corrected chi connectivity index (χ3v) is 4.29. The van der Waals surface area contributed by atoms with Crippen LogP contribution in [-0.4, -0.2) is 25.7 Å². The zero-order valence-electron chi connectivity index (χ0n) is 12.9. The van der Waals surface area contributed by atoms with Crippen LogP contribution < -0.4 is 10.1 Å². The smallest absolute Gasteiger partial charge is 0.471 e. The molecule has 1 aliphatic rings. The van der Waals surface area contributed by atoms with Crippen molar-refractivity contribution >= 4 is 5.91 Å². The summed E-state index contributed by atoms with van der Waals surface area (Å²) < 4.78 is 41.9. The summed E-state index contributed by atoms with van der Waals surface area (Å²) >= 11 is 0. The summed E-state index contributed by atoms with van der Waals surface area (Å²) in [5.41, 5.74) is 2.24. The molecule has 1 N–H and O–H groups in total. The molecular formula is C16H20F3NO2. The standard InChI is InChI=1S/C16H20F3NO2/c1-15(2)9-10-4-5-11(22-3)8-12(10)13(15)6-7-20-14(21)16(17,18)19/h4-5,8,13H,6-7,9H2,1-3H3,(H,20,21). The molecule has 0 bridgehead atoms. The molecule has 0 spiro atoms. The summed E-state index contributed by atoms with van der Waals surface area (Å²) in [5, 5.41) is 1.95. The number of amides is 1. The summed E-state index contributed by atoms with van der Waals surface area (Å²) in [7, 11) is 1.58. The van der Waals surface area contributed by atoms with E-state index in [9.17, 15) is 18.0 Å². The molecule has 0 radical (unpaired) electrons. The summed E-state index contributed by atoms with van der Waals surface area (Å²) in [6.07, 6.45) is -3.49. The van der Waals surface area contributed by atoms with E-state index in [-0.39, 0.29) is 17.9 Å². The summed E-state index contributed by atoms with van der Waals surface area (Å²) in [5.74, 6) is -1.05. The fourth-order valence-electron chi connectivity index (χ4n) is 3.20. The number of ether oxygens (including phenoxy) is 1. The van der Waals surface area contributed by atoms with Gasteiger partial charge in [-0.15, -0.1) is 0 Å². The van der Waals surface area contributed by atoms with E-state index in [4.69, 9.17) is 4.74 Å². The minimum atomic E-state index is -4.83. The van der Waals surface area contributed by atoms with E-state index in [1.54, 1.807) is 7.11 Å². The maximum absolute atomic E-state index is 12.2. The molecule has 1 amide bonds. The topological polar surface area (TPSA) is 38.3 Å². The number of benzene rings is 1. The van der Waals surface area contributed by atoms with Crippen molar-refractivity contribution in [2.45, 2.75) is 38.8 Å². The van der Waals surface area contributed by atoms with Gasteiger partial charge in [-0.2, -0.15) is 13.2 Å². The summed E-state index contributed by atoms with van der Waals surface area (Å²) in [6, 6.07) is 5.84. The van der Waals surface area contributed by atoms with Crippen LogP contribution in [0.1, 0.15) is 37.3 Å². The average molecular weight is 315 g/mol. The van der Waals surface area contributed by atoms with Crippen molar-refractivity contribution in [1.29, 1.82) is 0 Å². The quantitative estimate of drug-likeness (QED) is 0.924. The van der Waals surface area contributed by atoms with Crippen LogP contribution in [0.5, 0.6) is 5.75 Å². The molecule has 22 heavy (non-hydrogen) atoms. The normalized spacial score (nSPS) is 19.6.